The first-order valence-corrected chi connectivity index (χ1v) is 21.3. The molecule has 0 spiro atoms. The van der Waals surface area contributed by atoms with Crippen molar-refractivity contribution < 1.29 is 18.2 Å². The molecule has 4 nitrogen and oxygen atoms in total. The predicted octanol–water partition coefficient (Wildman–Crippen LogP) is 10.5. The van der Waals surface area contributed by atoms with Crippen molar-refractivity contribution in [1.29, 1.82) is 0 Å². The van der Waals surface area contributed by atoms with Gasteiger partial charge in [0.25, 0.3) is 0 Å². The van der Waals surface area contributed by atoms with Crippen molar-refractivity contribution in [1.82, 2.24) is 0 Å². The van der Waals surface area contributed by atoms with Gasteiger partial charge in [-0.15, -0.1) is 0 Å². The van der Waals surface area contributed by atoms with Crippen LogP contribution in [0.25, 0.3) is 0 Å². The van der Waals surface area contributed by atoms with E-state index in [9.17, 15) is 0 Å². The van der Waals surface area contributed by atoms with Crippen LogP contribution >= 0.6 is 0 Å². The molecule has 0 rings (SSSR count). The van der Waals surface area contributed by atoms with E-state index in [4.69, 9.17) is 18.2 Å². The van der Waals surface area contributed by atoms with E-state index in [2.05, 4.69) is 95.2 Å². The van der Waals surface area contributed by atoms with Gasteiger partial charge in [0.2, 0.25) is 0 Å². The fourth-order valence-corrected chi connectivity index (χ4v) is 11.9. The van der Waals surface area contributed by atoms with Gasteiger partial charge in [-0.2, -0.15) is 0 Å². The zero-order valence-electron chi connectivity index (χ0n) is 28.3. The molecule has 0 aromatic rings. The SMILES string of the molecule is CCCC(C)(C)C(CC=COBOC=CCC(O[Si](CC)(CC)CC)C(C)(C)CCC)O[Si](CC)(CC)CC. The summed E-state index contributed by atoms with van der Waals surface area (Å²) < 4.78 is 25.3. The minimum atomic E-state index is -1.68. The molecule has 0 heterocycles. The Morgan fingerprint density at radius 2 is 0.872 bits per heavy atom. The zero-order valence-corrected chi connectivity index (χ0v) is 30.3. The van der Waals surface area contributed by atoms with Crippen molar-refractivity contribution >= 4 is 24.3 Å². The molecule has 39 heavy (non-hydrogen) atoms. The normalized spacial score (nSPS) is 15.2. The molecule has 0 aliphatic rings. The van der Waals surface area contributed by atoms with Crippen LogP contribution in [-0.2, 0) is 18.2 Å². The highest BCUT2D eigenvalue weighted by atomic mass is 28.4. The van der Waals surface area contributed by atoms with Gasteiger partial charge in [0, 0.05) is 0 Å². The quantitative estimate of drug-likeness (QED) is 0.0644. The molecule has 0 N–H and O–H groups in total. The van der Waals surface area contributed by atoms with E-state index in [1.165, 1.54) is 61.9 Å². The van der Waals surface area contributed by atoms with Crippen molar-refractivity contribution in [3.63, 3.8) is 0 Å². The maximum atomic E-state index is 6.97. The average molecular weight is 583 g/mol. The van der Waals surface area contributed by atoms with Crippen LogP contribution in [0.4, 0.5) is 0 Å². The van der Waals surface area contributed by atoms with Gasteiger partial charge in [-0.3, -0.25) is 0 Å². The Morgan fingerprint density at radius 3 is 1.13 bits per heavy atom. The van der Waals surface area contributed by atoms with Crippen LogP contribution in [0.1, 0.15) is 122 Å². The number of hydrogen-bond donors (Lipinski definition) is 0. The number of rotatable bonds is 24. The second kappa shape index (κ2) is 19.6. The fraction of sp³-hybridized carbons (Fsp3) is 0.875. The minimum absolute atomic E-state index is 0.147. The lowest BCUT2D eigenvalue weighted by atomic mass is 9.81. The lowest BCUT2D eigenvalue weighted by molar-refractivity contribution is 0.0575. The van der Waals surface area contributed by atoms with Crippen LogP contribution in [0.5, 0.6) is 0 Å². The molecular formula is C32H67BO4Si2. The zero-order chi connectivity index (χ0) is 30.0. The Balaban J connectivity index is 5.03. The Bertz CT molecular complexity index is 601. The second-order valence-electron chi connectivity index (χ2n) is 12.8. The first-order chi connectivity index (χ1) is 18.4. The van der Waals surface area contributed by atoms with Crippen molar-refractivity contribution in [3.8, 4) is 0 Å². The topological polar surface area (TPSA) is 36.9 Å². The van der Waals surface area contributed by atoms with Crippen molar-refractivity contribution in [2.45, 2.75) is 170 Å². The second-order valence-corrected chi connectivity index (χ2v) is 22.3. The maximum Gasteiger partial charge on any atom is 0.575 e. The van der Waals surface area contributed by atoms with E-state index in [1.54, 1.807) is 12.5 Å². The highest BCUT2D eigenvalue weighted by Crippen LogP contribution is 2.37. The molecule has 230 valence electrons. The molecule has 2 atom stereocenters. The van der Waals surface area contributed by atoms with Crippen LogP contribution in [-0.4, -0.2) is 36.5 Å². The maximum absolute atomic E-state index is 6.97. The average Bonchev–Trinajstić information content (AvgIpc) is 2.91. The summed E-state index contributed by atoms with van der Waals surface area (Å²) in [7, 11) is -3.14. The third-order valence-corrected chi connectivity index (χ3v) is 18.7. The summed E-state index contributed by atoms with van der Waals surface area (Å²) in [5, 5.41) is 0. The highest BCUT2D eigenvalue weighted by molar-refractivity contribution is 6.74. The minimum Gasteiger partial charge on any atom is -0.535 e. The van der Waals surface area contributed by atoms with Crippen LogP contribution in [0, 0.1) is 10.8 Å². The standard InChI is InChI=1S/C32H67BO4Si2/c1-13-25-31(9,10)29(36-38(15-3,16-4)17-5)23-21-27-34-33-35-28-22-24-30(32(11,12)26-14-2)37-39(18-6,19-7)20-8/h21-22,27-30,33H,13-20,23-26H2,1-12H3. The van der Waals surface area contributed by atoms with Crippen molar-refractivity contribution in [2.75, 3.05) is 0 Å². The molecule has 7 heteroatoms. The third kappa shape index (κ3) is 13.3. The van der Waals surface area contributed by atoms with E-state index in [0.717, 1.165) is 12.8 Å². The molecule has 0 saturated heterocycles. The van der Waals surface area contributed by atoms with E-state index < -0.39 is 16.6 Å². The van der Waals surface area contributed by atoms with Gasteiger partial charge in [0.1, 0.15) is 0 Å². The molecule has 0 amide bonds. The third-order valence-electron chi connectivity index (χ3n) is 9.40. The van der Waals surface area contributed by atoms with Gasteiger partial charge in [-0.25, -0.2) is 0 Å². The Hall–Kier alpha value is -0.501. The Morgan fingerprint density at radius 1 is 0.564 bits per heavy atom. The van der Waals surface area contributed by atoms with Gasteiger partial charge < -0.3 is 18.2 Å². The molecule has 0 aromatic heterocycles. The van der Waals surface area contributed by atoms with Gasteiger partial charge in [0.05, 0.1) is 24.7 Å². The molecule has 0 aliphatic carbocycles. The molecule has 0 saturated carbocycles. The fourth-order valence-electron chi connectivity index (χ4n) is 5.88. The predicted molar refractivity (Wildman–Crippen MR) is 178 cm³/mol. The molecule has 0 aromatic carbocycles. The first kappa shape index (κ1) is 38.5. The first-order valence-electron chi connectivity index (χ1n) is 16.3. The highest BCUT2D eigenvalue weighted by Gasteiger charge is 2.38. The van der Waals surface area contributed by atoms with E-state index in [1.807, 2.05) is 0 Å². The smallest absolute Gasteiger partial charge is 0.535 e. The largest absolute Gasteiger partial charge is 0.575 e. The van der Waals surface area contributed by atoms with Crippen molar-refractivity contribution in [2.24, 2.45) is 10.8 Å². The molecule has 2 unspecified atom stereocenters. The summed E-state index contributed by atoms with van der Waals surface area (Å²) >= 11 is 0. The molecule has 0 radical (unpaired) electrons. The summed E-state index contributed by atoms with van der Waals surface area (Å²) in [6.07, 6.45) is 14.7. The summed E-state index contributed by atoms with van der Waals surface area (Å²) in [6.45, 7) is 27.8. The summed E-state index contributed by atoms with van der Waals surface area (Å²) in [4.78, 5) is 0. The van der Waals surface area contributed by atoms with Gasteiger partial charge in [0.15, 0.2) is 16.6 Å². The molecule has 0 fully saturated rings. The number of hydrogen-bond acceptors (Lipinski definition) is 4. The summed E-state index contributed by atoms with van der Waals surface area (Å²) in [5.74, 6) is 0. The van der Waals surface area contributed by atoms with Gasteiger partial charge in [-0.05, 0) is 84.9 Å². The lowest BCUT2D eigenvalue weighted by Gasteiger charge is -2.41. The molecule has 0 bridgehead atoms. The lowest BCUT2D eigenvalue weighted by Crippen LogP contribution is -2.45. The van der Waals surface area contributed by atoms with E-state index in [-0.39, 0.29) is 30.7 Å². The summed E-state index contributed by atoms with van der Waals surface area (Å²) in [5.41, 5.74) is 0.294. The van der Waals surface area contributed by atoms with Gasteiger partial charge >= 0.3 is 7.69 Å². The van der Waals surface area contributed by atoms with E-state index >= 15 is 0 Å². The van der Waals surface area contributed by atoms with Crippen LogP contribution in [0.3, 0.4) is 0 Å². The van der Waals surface area contributed by atoms with Crippen LogP contribution in [0.2, 0.25) is 36.3 Å². The van der Waals surface area contributed by atoms with Crippen molar-refractivity contribution in [3.05, 3.63) is 24.7 Å². The molecular weight excluding hydrogens is 515 g/mol. The Labute approximate surface area is 247 Å². The monoisotopic (exact) mass is 582 g/mol. The summed E-state index contributed by atoms with van der Waals surface area (Å²) in [6, 6.07) is 7.08. The van der Waals surface area contributed by atoms with E-state index in [0.29, 0.717) is 0 Å². The van der Waals surface area contributed by atoms with Crippen LogP contribution < -0.4 is 0 Å². The van der Waals surface area contributed by atoms with Gasteiger partial charge in [-0.1, -0.05) is 95.9 Å². The van der Waals surface area contributed by atoms with Crippen LogP contribution in [0.15, 0.2) is 24.7 Å². The Kier molecular flexibility index (Phi) is 19.3. The molecule has 0 aliphatic heterocycles.